The van der Waals surface area contributed by atoms with Crippen molar-refractivity contribution in [3.05, 3.63) is 36.6 Å². The number of allylic oxidation sites excluding steroid dienone is 5. The SMILES string of the molecule is CCCCCCCCC/C=C\C(=O)C(CCCC/C=C/C=C/O)CCCCCCC. The van der Waals surface area contributed by atoms with Gasteiger partial charge in [0.15, 0.2) is 5.78 Å². The lowest BCUT2D eigenvalue weighted by Crippen LogP contribution is -2.12. The van der Waals surface area contributed by atoms with Crippen molar-refractivity contribution in [1.29, 1.82) is 0 Å². The Morgan fingerprint density at radius 2 is 1.17 bits per heavy atom. The van der Waals surface area contributed by atoms with Crippen LogP contribution in [0.15, 0.2) is 36.6 Å². The van der Waals surface area contributed by atoms with Crippen LogP contribution in [0.2, 0.25) is 0 Å². The highest BCUT2D eigenvalue weighted by Gasteiger charge is 2.15. The normalized spacial score (nSPS) is 13.1. The second-order valence-corrected chi connectivity index (χ2v) is 8.67. The van der Waals surface area contributed by atoms with Gasteiger partial charge in [-0.25, -0.2) is 0 Å². The Labute approximate surface area is 187 Å². The summed E-state index contributed by atoms with van der Waals surface area (Å²) in [5.74, 6) is 0.561. The zero-order valence-electron chi connectivity index (χ0n) is 20.1. The molecule has 0 aliphatic heterocycles. The Bertz CT molecular complexity index is 448. The van der Waals surface area contributed by atoms with Crippen LogP contribution in [0, 0.1) is 5.92 Å². The van der Waals surface area contributed by atoms with Gasteiger partial charge in [0.05, 0.1) is 6.26 Å². The molecule has 0 aromatic heterocycles. The minimum atomic E-state index is 0.207. The molecule has 0 amide bonds. The van der Waals surface area contributed by atoms with Gasteiger partial charge in [0.1, 0.15) is 0 Å². The first-order valence-electron chi connectivity index (χ1n) is 12.9. The topological polar surface area (TPSA) is 37.3 Å². The Morgan fingerprint density at radius 1 is 0.667 bits per heavy atom. The van der Waals surface area contributed by atoms with Crippen LogP contribution in [0.3, 0.4) is 0 Å². The van der Waals surface area contributed by atoms with E-state index >= 15 is 0 Å². The molecule has 0 aromatic rings. The quantitative estimate of drug-likeness (QED) is 0.0822. The summed E-state index contributed by atoms with van der Waals surface area (Å²) < 4.78 is 0. The van der Waals surface area contributed by atoms with E-state index in [0.29, 0.717) is 5.78 Å². The van der Waals surface area contributed by atoms with Crippen LogP contribution in [0.5, 0.6) is 0 Å². The molecule has 2 heteroatoms. The average molecular weight is 419 g/mol. The van der Waals surface area contributed by atoms with E-state index in [1.807, 2.05) is 12.2 Å². The van der Waals surface area contributed by atoms with Gasteiger partial charge < -0.3 is 5.11 Å². The fraction of sp³-hybridized carbons (Fsp3) is 0.750. The molecule has 0 radical (unpaired) electrons. The molecule has 0 saturated heterocycles. The first kappa shape index (κ1) is 28.7. The summed E-state index contributed by atoms with van der Waals surface area (Å²) in [6.07, 6.45) is 32.6. The smallest absolute Gasteiger partial charge is 0.158 e. The molecule has 0 bridgehead atoms. The molecule has 1 N–H and O–H groups in total. The largest absolute Gasteiger partial charge is 0.516 e. The molecule has 2 nitrogen and oxygen atoms in total. The molecule has 0 aliphatic rings. The number of carbonyl (C=O) groups is 1. The van der Waals surface area contributed by atoms with E-state index in [-0.39, 0.29) is 5.92 Å². The molecule has 1 unspecified atom stereocenters. The Morgan fingerprint density at radius 3 is 1.80 bits per heavy atom. The second kappa shape index (κ2) is 24.0. The highest BCUT2D eigenvalue weighted by molar-refractivity contribution is 5.91. The Hall–Kier alpha value is -1.31. The van der Waals surface area contributed by atoms with E-state index in [4.69, 9.17) is 5.11 Å². The highest BCUT2D eigenvalue weighted by Crippen LogP contribution is 2.20. The van der Waals surface area contributed by atoms with Crippen LogP contribution in [-0.4, -0.2) is 10.9 Å². The summed E-state index contributed by atoms with van der Waals surface area (Å²) in [7, 11) is 0. The van der Waals surface area contributed by atoms with E-state index in [0.717, 1.165) is 44.8 Å². The molecule has 0 heterocycles. The Balaban J connectivity index is 4.17. The predicted molar refractivity (Wildman–Crippen MR) is 133 cm³/mol. The second-order valence-electron chi connectivity index (χ2n) is 8.67. The minimum Gasteiger partial charge on any atom is -0.516 e. The van der Waals surface area contributed by atoms with Gasteiger partial charge in [0, 0.05) is 5.92 Å². The lowest BCUT2D eigenvalue weighted by atomic mass is 9.90. The molecule has 0 aliphatic carbocycles. The molecule has 174 valence electrons. The zero-order chi connectivity index (χ0) is 22.1. The van der Waals surface area contributed by atoms with Crippen molar-refractivity contribution in [3.8, 4) is 0 Å². The molecule has 0 fully saturated rings. The van der Waals surface area contributed by atoms with Gasteiger partial charge in [-0.1, -0.05) is 109 Å². The van der Waals surface area contributed by atoms with Crippen molar-refractivity contribution in [3.63, 3.8) is 0 Å². The lowest BCUT2D eigenvalue weighted by Gasteiger charge is -2.14. The third-order valence-electron chi connectivity index (χ3n) is 5.82. The van der Waals surface area contributed by atoms with Gasteiger partial charge in [0.25, 0.3) is 0 Å². The maximum Gasteiger partial charge on any atom is 0.158 e. The van der Waals surface area contributed by atoms with Gasteiger partial charge in [-0.3, -0.25) is 4.79 Å². The standard InChI is InChI=1S/C28H50O2/c1-3-5-7-9-10-11-12-17-21-25-28(30)27(23-19-15-8-6-4-2)24-20-16-13-14-18-22-26-29/h14,18,21-22,25-27,29H,3-13,15-17,19-20,23-24H2,1-2H3/b18-14+,25-21-,26-22+. The summed E-state index contributed by atoms with van der Waals surface area (Å²) in [6.45, 7) is 4.50. The van der Waals surface area contributed by atoms with Crippen molar-refractivity contribution in [2.24, 2.45) is 5.92 Å². The summed E-state index contributed by atoms with van der Waals surface area (Å²) in [5, 5.41) is 8.63. The van der Waals surface area contributed by atoms with Gasteiger partial charge in [-0.05, 0) is 50.7 Å². The first-order chi connectivity index (χ1) is 14.8. The summed E-state index contributed by atoms with van der Waals surface area (Å²) in [4.78, 5) is 12.7. The van der Waals surface area contributed by atoms with Gasteiger partial charge in [0.2, 0.25) is 0 Å². The van der Waals surface area contributed by atoms with Gasteiger partial charge in [-0.2, -0.15) is 0 Å². The minimum absolute atomic E-state index is 0.207. The van der Waals surface area contributed by atoms with Gasteiger partial charge >= 0.3 is 0 Å². The number of rotatable bonds is 22. The van der Waals surface area contributed by atoms with Crippen LogP contribution >= 0.6 is 0 Å². The van der Waals surface area contributed by atoms with Crippen molar-refractivity contribution < 1.29 is 9.90 Å². The van der Waals surface area contributed by atoms with Crippen molar-refractivity contribution >= 4 is 5.78 Å². The van der Waals surface area contributed by atoms with Gasteiger partial charge in [-0.15, -0.1) is 0 Å². The third kappa shape index (κ3) is 20.0. The van der Waals surface area contributed by atoms with Crippen molar-refractivity contribution in [2.45, 2.75) is 129 Å². The van der Waals surface area contributed by atoms with Crippen LogP contribution in [0.25, 0.3) is 0 Å². The number of hydrogen-bond acceptors (Lipinski definition) is 2. The summed E-state index contributed by atoms with van der Waals surface area (Å²) >= 11 is 0. The zero-order valence-corrected chi connectivity index (χ0v) is 20.1. The number of aliphatic hydroxyl groups is 1. The fourth-order valence-electron chi connectivity index (χ4n) is 3.86. The maximum atomic E-state index is 12.7. The molecule has 1 atom stereocenters. The fourth-order valence-corrected chi connectivity index (χ4v) is 3.86. The van der Waals surface area contributed by atoms with Crippen LogP contribution in [-0.2, 0) is 4.79 Å². The van der Waals surface area contributed by atoms with Crippen molar-refractivity contribution in [1.82, 2.24) is 0 Å². The number of aliphatic hydroxyl groups excluding tert-OH is 1. The van der Waals surface area contributed by atoms with Crippen LogP contribution in [0.1, 0.15) is 129 Å². The number of unbranched alkanes of at least 4 members (excludes halogenated alkanes) is 13. The molecule has 0 spiro atoms. The summed E-state index contributed by atoms with van der Waals surface area (Å²) in [5.41, 5.74) is 0. The first-order valence-corrected chi connectivity index (χ1v) is 12.9. The molecule has 0 aromatic carbocycles. The monoisotopic (exact) mass is 418 g/mol. The van der Waals surface area contributed by atoms with E-state index in [9.17, 15) is 4.79 Å². The van der Waals surface area contributed by atoms with E-state index in [1.54, 1.807) is 6.08 Å². The Kier molecular flexibility index (Phi) is 22.9. The highest BCUT2D eigenvalue weighted by atomic mass is 16.2. The predicted octanol–water partition coefficient (Wildman–Crippen LogP) is 9.42. The molecular formula is C28H50O2. The average Bonchev–Trinajstić information content (AvgIpc) is 2.75. The lowest BCUT2D eigenvalue weighted by molar-refractivity contribution is -0.118. The molecule has 0 rings (SSSR count). The third-order valence-corrected chi connectivity index (χ3v) is 5.82. The number of ketones is 1. The summed E-state index contributed by atoms with van der Waals surface area (Å²) in [6, 6.07) is 0. The molecule has 30 heavy (non-hydrogen) atoms. The van der Waals surface area contributed by atoms with Crippen molar-refractivity contribution in [2.75, 3.05) is 0 Å². The molecule has 0 saturated carbocycles. The van der Waals surface area contributed by atoms with Crippen LogP contribution in [0.4, 0.5) is 0 Å². The molecular weight excluding hydrogens is 368 g/mol. The maximum absolute atomic E-state index is 12.7. The van der Waals surface area contributed by atoms with E-state index < -0.39 is 0 Å². The number of hydrogen-bond donors (Lipinski definition) is 1. The van der Waals surface area contributed by atoms with Crippen LogP contribution < -0.4 is 0 Å². The number of carbonyl (C=O) groups excluding carboxylic acids is 1. The van der Waals surface area contributed by atoms with E-state index in [1.165, 1.54) is 77.0 Å². The van der Waals surface area contributed by atoms with E-state index in [2.05, 4.69) is 26.0 Å².